The molecule has 7 rings (SSSR count). The Morgan fingerprint density at radius 3 is 2.26 bits per heavy atom. The molecule has 1 fully saturated rings. The van der Waals surface area contributed by atoms with Gasteiger partial charge in [-0.3, -0.25) is 14.4 Å². The van der Waals surface area contributed by atoms with Crippen molar-refractivity contribution in [3.63, 3.8) is 0 Å². The van der Waals surface area contributed by atoms with Crippen LogP contribution in [0.15, 0.2) is 97.1 Å². The molecule has 1 spiro atoms. The first-order valence-electron chi connectivity index (χ1n) is 14.3. The highest BCUT2D eigenvalue weighted by atomic mass is 19.1. The van der Waals surface area contributed by atoms with E-state index in [2.05, 4.69) is 0 Å². The molecule has 1 aliphatic carbocycles. The van der Waals surface area contributed by atoms with Gasteiger partial charge in [0.25, 0.3) is 0 Å². The summed E-state index contributed by atoms with van der Waals surface area (Å²) in [6.45, 7) is 2.21. The number of carbonyl (C=O) groups is 3. The molecular formula is C36H28FNO5. The first kappa shape index (κ1) is 26.8. The van der Waals surface area contributed by atoms with Gasteiger partial charge in [-0.05, 0) is 55.5 Å². The minimum absolute atomic E-state index is 0.275. The molecule has 214 valence electrons. The van der Waals surface area contributed by atoms with Crippen molar-refractivity contribution in [2.45, 2.75) is 24.9 Å². The Hall–Kier alpha value is -5.04. The van der Waals surface area contributed by atoms with Crippen LogP contribution in [0.25, 0.3) is 6.08 Å². The number of ketones is 3. The van der Waals surface area contributed by atoms with Crippen LogP contribution in [-0.4, -0.2) is 43.2 Å². The second kappa shape index (κ2) is 10.1. The summed E-state index contributed by atoms with van der Waals surface area (Å²) in [5.41, 5.74) is 1.13. The van der Waals surface area contributed by atoms with Crippen molar-refractivity contribution in [2.24, 2.45) is 5.41 Å². The average molecular weight is 574 g/mol. The standard InChI is InChI=1S/C36H28FNO5/c1-3-43-29-11-7-6-10-27(29)31-32(33(39)21-12-16-24(42-2)17-13-21)38-28-18-15-23(37)20-22(28)14-19-30(38)36(31)34(40)25-8-4-5-9-26(25)35(36)41/h4-20,30-32H,3H2,1-2H3/t30-,31+,32-/m1/s1. The third-order valence-corrected chi connectivity index (χ3v) is 8.96. The Morgan fingerprint density at radius 1 is 0.907 bits per heavy atom. The summed E-state index contributed by atoms with van der Waals surface area (Å²) in [5, 5.41) is 0. The highest BCUT2D eigenvalue weighted by Crippen LogP contribution is 2.62. The first-order chi connectivity index (χ1) is 20.9. The van der Waals surface area contributed by atoms with Gasteiger partial charge in [-0.2, -0.15) is 0 Å². The molecule has 6 nitrogen and oxygen atoms in total. The van der Waals surface area contributed by atoms with Crippen LogP contribution in [0.2, 0.25) is 0 Å². The van der Waals surface area contributed by atoms with Crippen LogP contribution >= 0.6 is 0 Å². The summed E-state index contributed by atoms with van der Waals surface area (Å²) >= 11 is 0. The molecule has 0 amide bonds. The molecular weight excluding hydrogens is 545 g/mol. The van der Waals surface area contributed by atoms with Crippen molar-refractivity contribution in [3.8, 4) is 11.5 Å². The number of hydrogen-bond donors (Lipinski definition) is 0. The minimum atomic E-state index is -1.67. The number of fused-ring (bicyclic) bond motifs is 5. The quantitative estimate of drug-likeness (QED) is 0.192. The number of rotatable bonds is 6. The molecule has 3 aliphatic rings. The van der Waals surface area contributed by atoms with E-state index < -0.39 is 29.2 Å². The van der Waals surface area contributed by atoms with Gasteiger partial charge in [-0.15, -0.1) is 0 Å². The van der Waals surface area contributed by atoms with Crippen molar-refractivity contribution < 1.29 is 28.2 Å². The number of methoxy groups -OCH3 is 1. The van der Waals surface area contributed by atoms with Crippen molar-refractivity contribution in [2.75, 3.05) is 18.6 Å². The Bertz CT molecular complexity index is 1790. The smallest absolute Gasteiger partial charge is 0.185 e. The molecule has 0 unspecified atom stereocenters. The molecule has 2 aliphatic heterocycles. The van der Waals surface area contributed by atoms with Crippen LogP contribution in [0.3, 0.4) is 0 Å². The number of nitrogens with zero attached hydrogens (tertiary/aromatic N) is 1. The molecule has 0 bridgehead atoms. The maximum atomic E-state index is 14.8. The molecule has 0 radical (unpaired) electrons. The van der Waals surface area contributed by atoms with Crippen molar-refractivity contribution in [1.82, 2.24) is 0 Å². The van der Waals surface area contributed by atoms with Crippen molar-refractivity contribution in [3.05, 3.63) is 131 Å². The van der Waals surface area contributed by atoms with E-state index in [9.17, 15) is 18.8 Å². The topological polar surface area (TPSA) is 72.9 Å². The summed E-state index contributed by atoms with van der Waals surface area (Å²) in [7, 11) is 1.55. The second-order valence-electron chi connectivity index (χ2n) is 11.0. The minimum Gasteiger partial charge on any atom is -0.497 e. The lowest BCUT2D eigenvalue weighted by Crippen LogP contribution is -2.48. The largest absolute Gasteiger partial charge is 0.497 e. The number of anilines is 1. The lowest BCUT2D eigenvalue weighted by atomic mass is 9.64. The predicted molar refractivity (Wildman–Crippen MR) is 161 cm³/mol. The van der Waals surface area contributed by atoms with Crippen molar-refractivity contribution in [1.29, 1.82) is 0 Å². The van der Waals surface area contributed by atoms with Gasteiger partial charge < -0.3 is 14.4 Å². The molecule has 2 heterocycles. The molecule has 4 aromatic carbocycles. The summed E-state index contributed by atoms with van der Waals surface area (Å²) in [4.78, 5) is 46.2. The van der Waals surface area contributed by atoms with Gasteiger partial charge in [-0.1, -0.05) is 54.6 Å². The number of para-hydroxylation sites is 1. The van der Waals surface area contributed by atoms with E-state index in [4.69, 9.17) is 9.47 Å². The molecule has 7 heteroatoms. The average Bonchev–Trinajstić information content (AvgIpc) is 3.47. The van der Waals surface area contributed by atoms with Gasteiger partial charge >= 0.3 is 0 Å². The van der Waals surface area contributed by atoms with Gasteiger partial charge in [0.2, 0.25) is 0 Å². The Labute approximate surface area is 248 Å². The lowest BCUT2D eigenvalue weighted by molar-refractivity contribution is 0.0664. The number of ether oxygens (including phenoxy) is 2. The van der Waals surface area contributed by atoms with Crippen LogP contribution in [-0.2, 0) is 0 Å². The monoisotopic (exact) mass is 573 g/mol. The SMILES string of the molecule is CCOc1ccccc1[C@H]1[C@H](C(=O)c2ccc(OC)cc2)N2c3ccc(F)cc3C=C[C@@H]2C12C(=O)c1ccccc1C2=O. The number of benzene rings is 4. The molecule has 0 aromatic heterocycles. The first-order valence-corrected chi connectivity index (χ1v) is 14.3. The predicted octanol–water partition coefficient (Wildman–Crippen LogP) is 6.55. The number of halogens is 1. The number of hydrogen-bond acceptors (Lipinski definition) is 6. The van der Waals surface area contributed by atoms with E-state index in [0.717, 1.165) is 0 Å². The zero-order valence-electron chi connectivity index (χ0n) is 23.6. The molecule has 0 N–H and O–H groups in total. The van der Waals surface area contributed by atoms with Crippen LogP contribution in [0.4, 0.5) is 10.1 Å². The van der Waals surface area contributed by atoms with E-state index in [1.165, 1.54) is 12.1 Å². The van der Waals surface area contributed by atoms with Crippen LogP contribution in [0.5, 0.6) is 11.5 Å². The van der Waals surface area contributed by atoms with Gasteiger partial charge in [0.05, 0.1) is 19.8 Å². The number of Topliss-reactive ketones (excluding diaryl/α,β-unsaturated/α-hetero) is 3. The van der Waals surface area contributed by atoms with Crippen molar-refractivity contribution >= 4 is 29.1 Å². The van der Waals surface area contributed by atoms with E-state index in [0.29, 0.717) is 51.6 Å². The van der Waals surface area contributed by atoms with E-state index in [1.54, 1.807) is 79.9 Å². The van der Waals surface area contributed by atoms with Crippen LogP contribution in [0.1, 0.15) is 55.0 Å². The maximum absolute atomic E-state index is 14.8. The lowest BCUT2D eigenvalue weighted by Gasteiger charge is -2.37. The van der Waals surface area contributed by atoms with Gasteiger partial charge in [0.15, 0.2) is 17.3 Å². The highest BCUT2D eigenvalue weighted by molar-refractivity contribution is 6.32. The Morgan fingerprint density at radius 2 is 1.58 bits per heavy atom. The number of carbonyl (C=O) groups excluding carboxylic acids is 3. The summed E-state index contributed by atoms with van der Waals surface area (Å²) < 4.78 is 25.8. The molecule has 4 aromatic rings. The van der Waals surface area contributed by atoms with E-state index in [1.807, 2.05) is 30.0 Å². The van der Waals surface area contributed by atoms with E-state index in [-0.39, 0.29) is 17.3 Å². The maximum Gasteiger partial charge on any atom is 0.185 e. The van der Waals surface area contributed by atoms with Crippen LogP contribution < -0.4 is 14.4 Å². The third kappa shape index (κ3) is 3.74. The Kier molecular flexibility index (Phi) is 6.27. The third-order valence-electron chi connectivity index (χ3n) is 8.96. The molecule has 43 heavy (non-hydrogen) atoms. The fourth-order valence-corrected chi connectivity index (χ4v) is 7.24. The second-order valence-corrected chi connectivity index (χ2v) is 11.0. The van der Waals surface area contributed by atoms with Gasteiger partial charge in [-0.25, -0.2) is 4.39 Å². The van der Waals surface area contributed by atoms with E-state index >= 15 is 0 Å². The molecule has 1 saturated heterocycles. The summed E-state index contributed by atoms with van der Waals surface area (Å²) in [6.07, 6.45) is 3.53. The van der Waals surface area contributed by atoms with Gasteiger partial charge in [0, 0.05) is 39.4 Å². The zero-order chi connectivity index (χ0) is 29.9. The van der Waals surface area contributed by atoms with Gasteiger partial charge in [0.1, 0.15) is 28.8 Å². The fourth-order valence-electron chi connectivity index (χ4n) is 7.24. The molecule has 3 atom stereocenters. The Balaban J connectivity index is 1.55. The van der Waals surface area contributed by atoms with Crippen LogP contribution in [0, 0.1) is 11.2 Å². The summed E-state index contributed by atoms with van der Waals surface area (Å²) in [6, 6.07) is 23.5. The zero-order valence-corrected chi connectivity index (χ0v) is 23.6. The molecule has 0 saturated carbocycles. The highest BCUT2D eigenvalue weighted by Gasteiger charge is 2.72. The fraction of sp³-hybridized carbons (Fsp3) is 0.194. The normalized spacial score (nSPS) is 21.0. The summed E-state index contributed by atoms with van der Waals surface area (Å²) in [5.74, 6) is -1.20.